The summed E-state index contributed by atoms with van der Waals surface area (Å²) in [6.45, 7) is 7.16. The molecule has 1 N–H and O–H groups in total. The summed E-state index contributed by atoms with van der Waals surface area (Å²) < 4.78 is 5.28. The lowest BCUT2D eigenvalue weighted by Crippen LogP contribution is -2.45. The van der Waals surface area contributed by atoms with Crippen LogP contribution in [0, 0.1) is 0 Å². The third-order valence-corrected chi connectivity index (χ3v) is 5.99. The molecule has 138 valence electrons. The highest BCUT2D eigenvalue weighted by molar-refractivity contribution is 7.17. The molecule has 6 heteroatoms. The highest BCUT2D eigenvalue weighted by atomic mass is 32.1. The summed E-state index contributed by atoms with van der Waals surface area (Å²) in [4.78, 5) is 28.6. The second kappa shape index (κ2) is 7.21. The van der Waals surface area contributed by atoms with Gasteiger partial charge in [-0.3, -0.25) is 9.69 Å². The molecule has 1 aliphatic rings. The molecule has 1 aromatic heterocycles. The molecule has 2 aromatic rings. The van der Waals surface area contributed by atoms with Gasteiger partial charge in [-0.25, -0.2) is 4.79 Å². The SMILES string of the molecule is CCOC(=O)c1c(NC(=O)c2ccccc2)sc2c1CC(C)(C)N(C)C2. The number of fused-ring (bicyclic) bond motifs is 1. The molecule has 0 bridgehead atoms. The van der Waals surface area contributed by atoms with Crippen LogP contribution in [-0.2, 0) is 17.7 Å². The van der Waals surface area contributed by atoms with Crippen molar-refractivity contribution < 1.29 is 14.3 Å². The van der Waals surface area contributed by atoms with E-state index in [-0.39, 0.29) is 17.4 Å². The summed E-state index contributed by atoms with van der Waals surface area (Å²) in [6.07, 6.45) is 0.741. The third kappa shape index (κ3) is 3.52. The largest absolute Gasteiger partial charge is 0.462 e. The molecular weight excluding hydrogens is 348 g/mol. The Bertz CT molecular complexity index is 827. The molecule has 0 unspecified atom stereocenters. The number of hydrogen-bond acceptors (Lipinski definition) is 5. The first-order valence-electron chi connectivity index (χ1n) is 8.72. The molecule has 0 saturated carbocycles. The molecule has 0 saturated heterocycles. The summed E-state index contributed by atoms with van der Waals surface area (Å²) in [7, 11) is 2.08. The van der Waals surface area contributed by atoms with E-state index in [1.165, 1.54) is 11.3 Å². The van der Waals surface area contributed by atoms with Crippen LogP contribution in [0.5, 0.6) is 0 Å². The molecule has 3 rings (SSSR count). The predicted octanol–water partition coefficient (Wildman–Crippen LogP) is 3.94. The van der Waals surface area contributed by atoms with Crippen LogP contribution in [0.15, 0.2) is 30.3 Å². The van der Waals surface area contributed by atoms with E-state index in [2.05, 4.69) is 31.1 Å². The minimum Gasteiger partial charge on any atom is -0.462 e. The molecule has 0 atom stereocenters. The van der Waals surface area contributed by atoms with E-state index in [9.17, 15) is 9.59 Å². The Morgan fingerprint density at radius 3 is 2.62 bits per heavy atom. The monoisotopic (exact) mass is 372 g/mol. The predicted molar refractivity (Wildman–Crippen MR) is 104 cm³/mol. The summed E-state index contributed by atoms with van der Waals surface area (Å²) >= 11 is 1.47. The first-order valence-corrected chi connectivity index (χ1v) is 9.54. The van der Waals surface area contributed by atoms with Crippen LogP contribution >= 0.6 is 11.3 Å². The molecule has 2 heterocycles. The zero-order valence-corrected chi connectivity index (χ0v) is 16.4. The Balaban J connectivity index is 2.00. The number of thiophene rings is 1. The number of likely N-dealkylation sites (N-methyl/N-ethyl adjacent to an activating group) is 1. The molecule has 5 nitrogen and oxygen atoms in total. The van der Waals surface area contributed by atoms with Crippen LogP contribution in [0.4, 0.5) is 5.00 Å². The number of rotatable bonds is 4. The lowest BCUT2D eigenvalue weighted by Gasteiger charge is -2.39. The van der Waals surface area contributed by atoms with Gasteiger partial charge >= 0.3 is 5.97 Å². The van der Waals surface area contributed by atoms with Crippen molar-refractivity contribution in [3.8, 4) is 0 Å². The van der Waals surface area contributed by atoms with Crippen molar-refractivity contribution in [1.82, 2.24) is 4.90 Å². The lowest BCUT2D eigenvalue weighted by molar-refractivity contribution is 0.0524. The smallest absolute Gasteiger partial charge is 0.341 e. The Morgan fingerprint density at radius 2 is 1.96 bits per heavy atom. The number of anilines is 1. The van der Waals surface area contributed by atoms with E-state index < -0.39 is 0 Å². The molecule has 0 aliphatic carbocycles. The standard InChI is InChI=1S/C20H24N2O3S/c1-5-25-19(24)16-14-11-20(2,3)22(4)12-15(14)26-18(16)21-17(23)13-9-7-6-8-10-13/h6-10H,5,11-12H2,1-4H3,(H,21,23). The number of hydrogen-bond donors (Lipinski definition) is 1. The summed E-state index contributed by atoms with van der Waals surface area (Å²) in [6, 6.07) is 9.01. The number of carbonyl (C=O) groups excluding carboxylic acids is 2. The number of ether oxygens (including phenoxy) is 1. The molecule has 0 fully saturated rings. The van der Waals surface area contributed by atoms with Crippen molar-refractivity contribution in [3.63, 3.8) is 0 Å². The van der Waals surface area contributed by atoms with E-state index >= 15 is 0 Å². The third-order valence-electron chi connectivity index (χ3n) is 4.86. The van der Waals surface area contributed by atoms with Crippen LogP contribution < -0.4 is 5.32 Å². The van der Waals surface area contributed by atoms with Crippen molar-refractivity contribution in [2.24, 2.45) is 0 Å². The van der Waals surface area contributed by atoms with Gasteiger partial charge in [0.05, 0.1) is 12.2 Å². The van der Waals surface area contributed by atoms with Gasteiger partial charge in [-0.1, -0.05) is 18.2 Å². The number of benzene rings is 1. The number of amides is 1. The second-order valence-corrected chi connectivity index (χ2v) is 8.20. The zero-order chi connectivity index (χ0) is 18.9. The Morgan fingerprint density at radius 1 is 1.27 bits per heavy atom. The van der Waals surface area contributed by atoms with Crippen molar-refractivity contribution >= 4 is 28.2 Å². The molecule has 1 aliphatic heterocycles. The number of nitrogens with one attached hydrogen (secondary N) is 1. The Labute approximate surface area is 158 Å². The zero-order valence-electron chi connectivity index (χ0n) is 15.6. The van der Waals surface area contributed by atoms with Crippen molar-refractivity contribution in [1.29, 1.82) is 0 Å². The van der Waals surface area contributed by atoms with Crippen LogP contribution in [0.25, 0.3) is 0 Å². The topological polar surface area (TPSA) is 58.6 Å². The van der Waals surface area contributed by atoms with E-state index in [0.717, 1.165) is 23.4 Å². The van der Waals surface area contributed by atoms with Crippen LogP contribution in [0.2, 0.25) is 0 Å². The summed E-state index contributed by atoms with van der Waals surface area (Å²) in [5, 5.41) is 3.50. The fourth-order valence-corrected chi connectivity index (χ4v) is 4.35. The lowest BCUT2D eigenvalue weighted by atomic mass is 9.87. The van der Waals surface area contributed by atoms with Gasteiger partial charge in [-0.15, -0.1) is 11.3 Å². The first-order chi connectivity index (χ1) is 12.3. The van der Waals surface area contributed by atoms with E-state index in [1.54, 1.807) is 19.1 Å². The maximum Gasteiger partial charge on any atom is 0.341 e. The number of nitrogens with zero attached hydrogens (tertiary/aromatic N) is 1. The van der Waals surface area contributed by atoms with E-state index in [4.69, 9.17) is 4.74 Å². The quantitative estimate of drug-likeness (QED) is 0.826. The van der Waals surface area contributed by atoms with Gasteiger partial charge in [0.1, 0.15) is 5.00 Å². The summed E-state index contributed by atoms with van der Waals surface area (Å²) in [5.41, 5.74) is 2.01. The molecule has 0 spiro atoms. The highest BCUT2D eigenvalue weighted by Crippen LogP contribution is 2.41. The Kier molecular flexibility index (Phi) is 5.16. The van der Waals surface area contributed by atoms with Crippen molar-refractivity contribution in [3.05, 3.63) is 51.9 Å². The van der Waals surface area contributed by atoms with Crippen LogP contribution in [0.3, 0.4) is 0 Å². The fraction of sp³-hybridized carbons (Fsp3) is 0.400. The maximum atomic E-state index is 12.6. The molecule has 1 amide bonds. The summed E-state index contributed by atoms with van der Waals surface area (Å²) in [5.74, 6) is -0.587. The van der Waals surface area contributed by atoms with E-state index in [1.807, 2.05) is 18.2 Å². The minimum absolute atomic E-state index is 0.0595. The van der Waals surface area contributed by atoms with E-state index in [0.29, 0.717) is 22.7 Å². The normalized spacial score (nSPS) is 16.0. The maximum absolute atomic E-state index is 12.6. The van der Waals surface area contributed by atoms with Crippen molar-refractivity contribution in [2.45, 2.75) is 39.3 Å². The molecule has 0 radical (unpaired) electrons. The molecular formula is C20H24N2O3S. The van der Waals surface area contributed by atoms with Crippen LogP contribution in [-0.4, -0.2) is 36.0 Å². The average Bonchev–Trinajstić information content (AvgIpc) is 2.92. The van der Waals surface area contributed by atoms with Gasteiger partial charge in [-0.05, 0) is 51.9 Å². The molecule has 1 aromatic carbocycles. The highest BCUT2D eigenvalue weighted by Gasteiger charge is 2.36. The first kappa shape index (κ1) is 18.6. The van der Waals surface area contributed by atoms with Gasteiger partial charge in [0.25, 0.3) is 5.91 Å². The average molecular weight is 372 g/mol. The Hall–Kier alpha value is -2.18. The van der Waals surface area contributed by atoms with Gasteiger partial charge in [0.2, 0.25) is 0 Å². The minimum atomic E-state index is -0.367. The van der Waals surface area contributed by atoms with Crippen molar-refractivity contribution in [2.75, 3.05) is 19.0 Å². The fourth-order valence-electron chi connectivity index (χ4n) is 3.10. The molecule has 26 heavy (non-hydrogen) atoms. The second-order valence-electron chi connectivity index (χ2n) is 7.09. The van der Waals surface area contributed by atoms with Gasteiger partial charge in [0, 0.05) is 22.5 Å². The van der Waals surface area contributed by atoms with Gasteiger partial charge in [0.15, 0.2) is 0 Å². The van der Waals surface area contributed by atoms with Crippen LogP contribution in [0.1, 0.15) is 51.9 Å². The number of esters is 1. The number of carbonyl (C=O) groups is 2. The van der Waals surface area contributed by atoms with Gasteiger partial charge in [-0.2, -0.15) is 0 Å². The van der Waals surface area contributed by atoms with Gasteiger partial charge < -0.3 is 10.1 Å².